The molecule has 10 heteroatoms. The largest absolute Gasteiger partial charge is 0.471 e. The predicted octanol–water partition coefficient (Wildman–Crippen LogP) is 4.99. The molecule has 0 spiro atoms. The first-order valence-electron chi connectivity index (χ1n) is 12.3. The molecule has 34 heavy (non-hydrogen) atoms. The molecular formula is C24H40F3NO6. The van der Waals surface area contributed by atoms with Gasteiger partial charge in [0.2, 0.25) is 6.29 Å². The summed E-state index contributed by atoms with van der Waals surface area (Å²) in [6.07, 6.45) is 3.20. The third-order valence-electron chi connectivity index (χ3n) is 5.87. The van der Waals surface area contributed by atoms with Crippen LogP contribution in [-0.2, 0) is 28.5 Å². The van der Waals surface area contributed by atoms with Crippen molar-refractivity contribution in [3.05, 3.63) is 12.3 Å². The van der Waals surface area contributed by atoms with Crippen molar-refractivity contribution in [3.63, 3.8) is 0 Å². The third-order valence-corrected chi connectivity index (χ3v) is 5.87. The highest BCUT2D eigenvalue weighted by atomic mass is 19.4. The second kappa shape index (κ2) is 13.7. The van der Waals surface area contributed by atoms with Crippen LogP contribution in [-0.4, -0.2) is 61.7 Å². The third kappa shape index (κ3) is 9.02. The molecule has 0 aromatic heterocycles. The van der Waals surface area contributed by atoms with Crippen LogP contribution in [0.25, 0.3) is 0 Å². The number of carbonyl (C=O) groups is 1. The van der Waals surface area contributed by atoms with Gasteiger partial charge in [0.1, 0.15) is 24.4 Å². The standard InChI is InChI=1S/C24H40F3NO6/c1-5-7-8-9-10-11-12-13-15-30-20-18(28-22(29)24(25,26)27)21(31-14-6-2)33-17-16-32-23(3,4)34-19(17)20/h6,14,17-21H,5,7-13,15-16H2,1-4H3,(H,28,29)/t17-,18-,19-,20-,21+/m1/s1. The first-order chi connectivity index (χ1) is 16.1. The van der Waals surface area contributed by atoms with Crippen molar-refractivity contribution in [3.8, 4) is 0 Å². The van der Waals surface area contributed by atoms with E-state index in [2.05, 4.69) is 6.92 Å². The Hall–Kier alpha value is -1.36. The predicted molar refractivity (Wildman–Crippen MR) is 120 cm³/mol. The zero-order valence-electron chi connectivity index (χ0n) is 20.7. The molecule has 0 aromatic carbocycles. The second-order valence-corrected chi connectivity index (χ2v) is 9.25. The molecule has 0 aromatic rings. The molecule has 0 radical (unpaired) electrons. The van der Waals surface area contributed by atoms with Crippen LogP contribution in [0.4, 0.5) is 13.2 Å². The molecular weight excluding hydrogens is 455 g/mol. The molecule has 1 N–H and O–H groups in total. The van der Waals surface area contributed by atoms with Gasteiger partial charge in [-0.15, -0.1) is 0 Å². The molecule has 7 nitrogen and oxygen atoms in total. The summed E-state index contributed by atoms with van der Waals surface area (Å²) in [6, 6.07) is -1.23. The molecule has 2 aliphatic rings. The van der Waals surface area contributed by atoms with Gasteiger partial charge in [0.25, 0.3) is 0 Å². The van der Waals surface area contributed by atoms with Gasteiger partial charge in [-0.3, -0.25) is 4.79 Å². The molecule has 0 aliphatic carbocycles. The lowest BCUT2D eigenvalue weighted by atomic mass is 9.95. The van der Waals surface area contributed by atoms with E-state index in [1.807, 2.05) is 5.32 Å². The first-order valence-corrected chi connectivity index (χ1v) is 12.3. The van der Waals surface area contributed by atoms with Crippen LogP contribution >= 0.6 is 0 Å². The Balaban J connectivity index is 2.08. The minimum absolute atomic E-state index is 0.158. The zero-order chi connectivity index (χ0) is 25.2. The average Bonchev–Trinajstić information content (AvgIpc) is 2.76. The number of hydrogen-bond acceptors (Lipinski definition) is 6. The van der Waals surface area contributed by atoms with Crippen molar-refractivity contribution >= 4 is 5.91 Å². The lowest BCUT2D eigenvalue weighted by Crippen LogP contribution is -2.69. The van der Waals surface area contributed by atoms with Gasteiger partial charge in [0.05, 0.1) is 12.9 Å². The maximum atomic E-state index is 13.1. The SMILES string of the molecule is CC=CO[C@H]1O[C@@H]2COC(C)(C)O[C@H]2[C@H](OCCCCCCCCCC)[C@H]1NC(=O)C(F)(F)F. The molecule has 0 unspecified atom stereocenters. The van der Waals surface area contributed by atoms with E-state index < -0.39 is 48.5 Å². The summed E-state index contributed by atoms with van der Waals surface area (Å²) in [5.74, 6) is -3.05. The number of fused-ring (bicyclic) bond motifs is 1. The van der Waals surface area contributed by atoms with E-state index in [0.717, 1.165) is 25.7 Å². The Bertz CT molecular complexity index is 643. The van der Waals surface area contributed by atoms with Crippen LogP contribution in [0.5, 0.6) is 0 Å². The molecule has 1 amide bonds. The number of allylic oxidation sites excluding steroid dienone is 1. The normalized spacial score (nSPS) is 29.1. The van der Waals surface area contributed by atoms with Gasteiger partial charge in [-0.05, 0) is 27.2 Å². The fourth-order valence-electron chi connectivity index (χ4n) is 4.14. The molecule has 0 saturated carbocycles. The van der Waals surface area contributed by atoms with Crippen molar-refractivity contribution in [2.24, 2.45) is 0 Å². The van der Waals surface area contributed by atoms with E-state index >= 15 is 0 Å². The van der Waals surface area contributed by atoms with Gasteiger partial charge >= 0.3 is 12.1 Å². The van der Waals surface area contributed by atoms with E-state index in [9.17, 15) is 18.0 Å². The van der Waals surface area contributed by atoms with Crippen LogP contribution in [0.2, 0.25) is 0 Å². The van der Waals surface area contributed by atoms with Crippen LogP contribution in [0.1, 0.15) is 79.1 Å². The van der Waals surface area contributed by atoms with Crippen LogP contribution in [0.15, 0.2) is 12.3 Å². The highest BCUT2D eigenvalue weighted by Gasteiger charge is 2.54. The number of rotatable bonds is 13. The number of hydrogen-bond donors (Lipinski definition) is 1. The van der Waals surface area contributed by atoms with Crippen LogP contribution in [0, 0.1) is 0 Å². The smallest absolute Gasteiger partial charge is 0.471 e. The molecule has 2 aliphatic heterocycles. The molecule has 5 atom stereocenters. The summed E-state index contributed by atoms with van der Waals surface area (Å²) in [4.78, 5) is 11.8. The zero-order valence-corrected chi connectivity index (χ0v) is 20.7. The number of amides is 1. The van der Waals surface area contributed by atoms with E-state index in [4.69, 9.17) is 23.7 Å². The molecule has 2 heterocycles. The highest BCUT2D eigenvalue weighted by molar-refractivity contribution is 5.82. The Kier molecular flexibility index (Phi) is 11.6. The maximum Gasteiger partial charge on any atom is 0.471 e. The monoisotopic (exact) mass is 495 g/mol. The molecule has 2 fully saturated rings. The van der Waals surface area contributed by atoms with Gasteiger partial charge in [-0.1, -0.05) is 57.9 Å². The fraction of sp³-hybridized carbons (Fsp3) is 0.875. The number of halogens is 3. The quantitative estimate of drug-likeness (QED) is 0.287. The van der Waals surface area contributed by atoms with Crippen LogP contribution in [0.3, 0.4) is 0 Å². The van der Waals surface area contributed by atoms with Crippen molar-refractivity contribution in [2.75, 3.05) is 13.2 Å². The van der Waals surface area contributed by atoms with E-state index in [0.29, 0.717) is 6.61 Å². The van der Waals surface area contributed by atoms with Crippen molar-refractivity contribution in [1.29, 1.82) is 0 Å². The van der Waals surface area contributed by atoms with E-state index in [1.54, 1.807) is 26.8 Å². The Labute approximate surface area is 200 Å². The van der Waals surface area contributed by atoms with Gasteiger partial charge in [-0.25, -0.2) is 0 Å². The fourth-order valence-corrected chi connectivity index (χ4v) is 4.14. The second-order valence-electron chi connectivity index (χ2n) is 9.25. The summed E-state index contributed by atoms with van der Waals surface area (Å²) in [5, 5.41) is 2.02. The van der Waals surface area contributed by atoms with Gasteiger partial charge < -0.3 is 29.0 Å². The summed E-state index contributed by atoms with van der Waals surface area (Å²) in [6.45, 7) is 7.78. The lowest BCUT2D eigenvalue weighted by molar-refractivity contribution is -0.368. The summed E-state index contributed by atoms with van der Waals surface area (Å²) >= 11 is 0. The summed E-state index contributed by atoms with van der Waals surface area (Å²) in [7, 11) is 0. The highest BCUT2D eigenvalue weighted by Crippen LogP contribution is 2.35. The van der Waals surface area contributed by atoms with Crippen molar-refractivity contribution in [2.45, 2.75) is 122 Å². The van der Waals surface area contributed by atoms with E-state index in [1.165, 1.54) is 31.9 Å². The van der Waals surface area contributed by atoms with Crippen molar-refractivity contribution < 1.29 is 41.7 Å². The molecule has 2 saturated heterocycles. The maximum absolute atomic E-state index is 13.1. The van der Waals surface area contributed by atoms with Gasteiger partial charge in [0.15, 0.2) is 5.79 Å². The Morgan fingerprint density at radius 1 is 1.12 bits per heavy atom. The summed E-state index contributed by atoms with van der Waals surface area (Å²) in [5.41, 5.74) is 0. The Morgan fingerprint density at radius 3 is 2.38 bits per heavy atom. The lowest BCUT2D eigenvalue weighted by Gasteiger charge is -2.50. The minimum atomic E-state index is -5.06. The van der Waals surface area contributed by atoms with Gasteiger partial charge in [0, 0.05) is 6.61 Å². The molecule has 198 valence electrons. The minimum Gasteiger partial charge on any atom is -0.471 e. The first kappa shape index (κ1) is 28.9. The summed E-state index contributed by atoms with van der Waals surface area (Å²) < 4.78 is 68.3. The van der Waals surface area contributed by atoms with Gasteiger partial charge in [-0.2, -0.15) is 13.2 Å². The van der Waals surface area contributed by atoms with Crippen molar-refractivity contribution in [1.82, 2.24) is 5.32 Å². The molecule has 2 rings (SSSR count). The Morgan fingerprint density at radius 2 is 1.76 bits per heavy atom. The van der Waals surface area contributed by atoms with E-state index in [-0.39, 0.29) is 6.61 Å². The average molecular weight is 496 g/mol. The topological polar surface area (TPSA) is 75.2 Å². The van der Waals surface area contributed by atoms with Crippen LogP contribution < -0.4 is 5.32 Å². The number of ether oxygens (including phenoxy) is 5. The molecule has 0 bridgehead atoms. The number of unbranched alkanes of at least 4 members (excludes halogenated alkanes) is 7. The number of carbonyl (C=O) groups excluding carboxylic acids is 1. The number of nitrogens with one attached hydrogen (secondary N) is 1. The number of alkyl halides is 3.